The van der Waals surface area contributed by atoms with Crippen LogP contribution in [0.2, 0.25) is 0 Å². The third-order valence-electron chi connectivity index (χ3n) is 3.07. The van der Waals surface area contributed by atoms with E-state index in [1.807, 2.05) is 49.4 Å². The summed E-state index contributed by atoms with van der Waals surface area (Å²) in [7, 11) is 1.63. The van der Waals surface area contributed by atoms with Crippen LogP contribution < -0.4 is 14.2 Å². The second kappa shape index (κ2) is 4.69. The molecule has 2 aromatic carbocycles. The zero-order chi connectivity index (χ0) is 13.2. The van der Waals surface area contributed by atoms with Crippen molar-refractivity contribution in [2.75, 3.05) is 7.11 Å². The number of aryl methyl sites for hydroxylation is 1. The van der Waals surface area contributed by atoms with Crippen LogP contribution in [-0.4, -0.2) is 7.11 Å². The van der Waals surface area contributed by atoms with E-state index in [4.69, 9.17) is 14.2 Å². The molecule has 1 heterocycles. The fraction of sp³-hybridized carbons (Fsp3) is 0.125. The van der Waals surface area contributed by atoms with Crippen molar-refractivity contribution < 1.29 is 14.2 Å². The number of hydrogen-bond acceptors (Lipinski definition) is 3. The topological polar surface area (TPSA) is 27.7 Å². The molecule has 0 spiro atoms. The number of benzene rings is 2. The van der Waals surface area contributed by atoms with Gasteiger partial charge in [-0.15, -0.1) is 0 Å². The molecule has 0 bridgehead atoms. The minimum absolute atomic E-state index is 0.667. The predicted octanol–water partition coefficient (Wildman–Crippen LogP) is 3.77. The van der Waals surface area contributed by atoms with Crippen molar-refractivity contribution >= 4 is 5.76 Å². The molecule has 96 valence electrons. The molecule has 0 atom stereocenters. The highest BCUT2D eigenvalue weighted by atomic mass is 16.6. The first-order valence-corrected chi connectivity index (χ1v) is 6.06. The zero-order valence-electron chi connectivity index (χ0n) is 10.8. The smallest absolute Gasteiger partial charge is 0.173 e. The summed E-state index contributed by atoms with van der Waals surface area (Å²) in [6.07, 6.45) is 1.64. The Labute approximate surface area is 112 Å². The molecule has 0 aliphatic carbocycles. The molecule has 2 aromatic rings. The fourth-order valence-corrected chi connectivity index (χ4v) is 2.02. The molecular weight excluding hydrogens is 240 g/mol. The SMILES string of the molecule is COc1ccc2c(c1)OC(c1ccccc1C)=CO2. The van der Waals surface area contributed by atoms with E-state index in [-0.39, 0.29) is 0 Å². The third-order valence-corrected chi connectivity index (χ3v) is 3.07. The molecule has 0 N–H and O–H groups in total. The predicted molar refractivity (Wildman–Crippen MR) is 73.4 cm³/mol. The molecule has 0 saturated heterocycles. The van der Waals surface area contributed by atoms with Crippen molar-refractivity contribution in [3.63, 3.8) is 0 Å². The van der Waals surface area contributed by atoms with Gasteiger partial charge in [-0.1, -0.05) is 24.3 Å². The molecule has 19 heavy (non-hydrogen) atoms. The first-order chi connectivity index (χ1) is 9.28. The minimum Gasteiger partial charge on any atom is -0.497 e. The summed E-state index contributed by atoms with van der Waals surface area (Å²) in [5.74, 6) is 2.81. The van der Waals surface area contributed by atoms with E-state index in [1.165, 1.54) is 0 Å². The second-order valence-corrected chi connectivity index (χ2v) is 4.33. The monoisotopic (exact) mass is 254 g/mol. The highest BCUT2D eigenvalue weighted by molar-refractivity contribution is 5.67. The Balaban J connectivity index is 1.96. The maximum Gasteiger partial charge on any atom is 0.173 e. The lowest BCUT2D eigenvalue weighted by molar-refractivity contribution is 0.373. The van der Waals surface area contributed by atoms with Gasteiger partial charge in [-0.25, -0.2) is 0 Å². The Morgan fingerprint density at radius 3 is 2.63 bits per heavy atom. The molecule has 3 rings (SSSR count). The molecule has 0 unspecified atom stereocenters. The Morgan fingerprint density at radius 2 is 1.84 bits per heavy atom. The van der Waals surface area contributed by atoms with Crippen molar-refractivity contribution in [2.45, 2.75) is 6.92 Å². The average Bonchev–Trinajstić information content (AvgIpc) is 2.46. The standard InChI is InChI=1S/C16H14O3/c1-11-5-3-4-6-13(11)16-10-18-14-8-7-12(17-2)9-15(14)19-16/h3-10H,1-2H3. The van der Waals surface area contributed by atoms with Gasteiger partial charge in [0.2, 0.25) is 0 Å². The molecule has 0 amide bonds. The summed E-state index contributed by atoms with van der Waals surface area (Å²) < 4.78 is 16.7. The van der Waals surface area contributed by atoms with E-state index in [9.17, 15) is 0 Å². The molecule has 3 nitrogen and oxygen atoms in total. The summed E-state index contributed by atoms with van der Waals surface area (Å²) in [5, 5.41) is 0. The Bertz CT molecular complexity index is 644. The van der Waals surface area contributed by atoms with Gasteiger partial charge in [0.25, 0.3) is 0 Å². The summed E-state index contributed by atoms with van der Waals surface area (Å²) in [6.45, 7) is 2.04. The molecule has 0 saturated carbocycles. The van der Waals surface area contributed by atoms with Gasteiger partial charge in [0.15, 0.2) is 17.3 Å². The molecule has 3 heteroatoms. The van der Waals surface area contributed by atoms with E-state index >= 15 is 0 Å². The van der Waals surface area contributed by atoms with Gasteiger partial charge in [-0.05, 0) is 24.6 Å². The molecule has 1 aliphatic rings. The second-order valence-electron chi connectivity index (χ2n) is 4.33. The normalized spacial score (nSPS) is 12.8. The van der Waals surface area contributed by atoms with E-state index < -0.39 is 0 Å². The van der Waals surface area contributed by atoms with Crippen LogP contribution in [0.15, 0.2) is 48.7 Å². The first kappa shape index (κ1) is 11.7. The maximum atomic E-state index is 5.90. The van der Waals surface area contributed by atoms with Gasteiger partial charge >= 0.3 is 0 Å². The molecule has 0 aromatic heterocycles. The van der Waals surface area contributed by atoms with Gasteiger partial charge in [0.1, 0.15) is 12.0 Å². The van der Waals surface area contributed by atoms with Crippen LogP contribution in [0.3, 0.4) is 0 Å². The number of fused-ring (bicyclic) bond motifs is 1. The van der Waals surface area contributed by atoms with Gasteiger partial charge < -0.3 is 14.2 Å². The van der Waals surface area contributed by atoms with E-state index in [2.05, 4.69) is 0 Å². The van der Waals surface area contributed by atoms with Gasteiger partial charge in [0.05, 0.1) is 7.11 Å². The van der Waals surface area contributed by atoms with E-state index in [1.54, 1.807) is 13.4 Å². The maximum absolute atomic E-state index is 5.90. The van der Waals surface area contributed by atoms with Gasteiger partial charge in [0, 0.05) is 11.6 Å². The first-order valence-electron chi connectivity index (χ1n) is 6.06. The quantitative estimate of drug-likeness (QED) is 0.816. The molecular formula is C16H14O3. The number of hydrogen-bond donors (Lipinski definition) is 0. The van der Waals surface area contributed by atoms with Crippen molar-refractivity contribution in [1.82, 2.24) is 0 Å². The third kappa shape index (κ3) is 2.15. The van der Waals surface area contributed by atoms with E-state index in [0.29, 0.717) is 17.3 Å². The lowest BCUT2D eigenvalue weighted by Crippen LogP contribution is -2.05. The number of ether oxygens (including phenoxy) is 3. The van der Waals surface area contributed by atoms with Crippen molar-refractivity contribution in [2.24, 2.45) is 0 Å². The highest BCUT2D eigenvalue weighted by Gasteiger charge is 2.17. The Kier molecular flexibility index (Phi) is 2.88. The average molecular weight is 254 g/mol. The minimum atomic E-state index is 0.667. The molecule has 0 fully saturated rings. The number of methoxy groups -OCH3 is 1. The summed E-state index contributed by atoms with van der Waals surface area (Å²) >= 11 is 0. The summed E-state index contributed by atoms with van der Waals surface area (Å²) in [6, 6.07) is 13.5. The van der Waals surface area contributed by atoms with Crippen molar-refractivity contribution in [1.29, 1.82) is 0 Å². The summed E-state index contributed by atoms with van der Waals surface area (Å²) in [4.78, 5) is 0. The van der Waals surface area contributed by atoms with Gasteiger partial charge in [-0.3, -0.25) is 0 Å². The number of rotatable bonds is 2. The van der Waals surface area contributed by atoms with E-state index in [0.717, 1.165) is 16.9 Å². The van der Waals surface area contributed by atoms with Crippen LogP contribution in [0.1, 0.15) is 11.1 Å². The largest absolute Gasteiger partial charge is 0.497 e. The lowest BCUT2D eigenvalue weighted by Gasteiger charge is -2.19. The molecule has 0 radical (unpaired) electrons. The van der Waals surface area contributed by atoms with Crippen LogP contribution in [0, 0.1) is 6.92 Å². The van der Waals surface area contributed by atoms with Crippen molar-refractivity contribution in [3.8, 4) is 17.2 Å². The van der Waals surface area contributed by atoms with Crippen LogP contribution in [0.25, 0.3) is 5.76 Å². The Hall–Kier alpha value is -2.42. The fourth-order valence-electron chi connectivity index (χ4n) is 2.02. The van der Waals surface area contributed by atoms with Crippen molar-refractivity contribution in [3.05, 3.63) is 59.9 Å². The van der Waals surface area contributed by atoms with Crippen LogP contribution in [0.4, 0.5) is 0 Å². The highest BCUT2D eigenvalue weighted by Crippen LogP contribution is 2.38. The molecule has 1 aliphatic heterocycles. The lowest BCUT2D eigenvalue weighted by atomic mass is 10.1. The van der Waals surface area contributed by atoms with Gasteiger partial charge in [-0.2, -0.15) is 0 Å². The van der Waals surface area contributed by atoms with Crippen LogP contribution >= 0.6 is 0 Å². The Morgan fingerprint density at radius 1 is 1.00 bits per heavy atom. The van der Waals surface area contributed by atoms with Crippen LogP contribution in [0.5, 0.6) is 17.2 Å². The summed E-state index contributed by atoms with van der Waals surface area (Å²) in [5.41, 5.74) is 2.17. The van der Waals surface area contributed by atoms with Crippen LogP contribution in [-0.2, 0) is 0 Å². The zero-order valence-corrected chi connectivity index (χ0v) is 10.8.